The number of ether oxygens (including phenoxy) is 2. The number of para-hydroxylation sites is 8. The first kappa shape index (κ1) is 66.4. The lowest BCUT2D eigenvalue weighted by atomic mass is 9.79. The fourth-order valence-electron chi connectivity index (χ4n) is 14.6. The molecule has 14 aromatic rings. The highest BCUT2D eigenvalue weighted by molar-refractivity contribution is 9.10. The van der Waals surface area contributed by atoms with Gasteiger partial charge in [0.25, 0.3) is 0 Å². The molecule has 3 aliphatic heterocycles. The minimum absolute atomic E-state index is 0.258. The van der Waals surface area contributed by atoms with Gasteiger partial charge in [-0.1, -0.05) is 180 Å². The molecule has 0 spiro atoms. The minimum Gasteiger partial charge on any atom is -0.453 e. The Bertz CT molecular complexity index is 5850. The molecule has 0 saturated carbocycles. The standard InChI is InChI=1S/C42H29NO3S.C30H20BrNO.C18H21BO4S/c44-47(45,37-8-2-1-3-9-37)38-20-17-28(18-21-38)29-14-15-30-23-34-26-35-27-36(19-16-31(35)24-33(34)25-32(30)22-29)43-39-10-4-6-12-41(39)46-42-13-7-5-11-40(42)43;31-25-11-9-19-13-22-16-24-18-26(12-10-20(24)14-21(22)15-23(19)17-25)32-27-5-1-3-7-29(27)33-30-8-4-2-6-28(30)32;1-17(2)18(3,4)23-19(22-17)14-10-12-16(13-11-14)24(20,21)15-8-6-5-7-9-15/h1-23,25,27H,24,26H2;1-13,15,17-18H,14,16H2;5-13H,1-4H3. The molecule has 0 bridgehead atoms. The molecular weight excluding hydrogens is 1390 g/mol. The first-order valence-corrected chi connectivity index (χ1v) is 38.6. The van der Waals surface area contributed by atoms with Crippen LogP contribution >= 0.6 is 15.9 Å². The van der Waals surface area contributed by atoms with Crippen LogP contribution in [0.15, 0.2) is 327 Å². The minimum atomic E-state index is -3.55. The second-order valence-corrected chi connectivity index (χ2v) is 32.8. The summed E-state index contributed by atoms with van der Waals surface area (Å²) in [6, 6.07) is 100.0. The number of hydrogen-bond acceptors (Lipinski definition) is 10. The fourth-order valence-corrected chi connectivity index (χ4v) is 17.6. The van der Waals surface area contributed by atoms with Crippen molar-refractivity contribution in [3.8, 4) is 34.1 Å². The van der Waals surface area contributed by atoms with Crippen molar-refractivity contribution >= 4 is 104 Å². The molecule has 0 amide bonds. The summed E-state index contributed by atoms with van der Waals surface area (Å²) in [7, 11) is -7.55. The maximum atomic E-state index is 13.1. The molecule has 1 fully saturated rings. The number of benzene rings is 14. The van der Waals surface area contributed by atoms with Gasteiger partial charge in [-0.05, 0) is 276 Å². The molecule has 5 aliphatic rings. The van der Waals surface area contributed by atoms with Crippen LogP contribution in [0.5, 0.6) is 23.0 Å². The summed E-state index contributed by atoms with van der Waals surface area (Å²) in [6.07, 6.45) is 3.69. The van der Waals surface area contributed by atoms with Crippen molar-refractivity contribution in [1.82, 2.24) is 0 Å². The van der Waals surface area contributed by atoms with Gasteiger partial charge in [0.2, 0.25) is 19.7 Å². The van der Waals surface area contributed by atoms with Gasteiger partial charge in [-0.2, -0.15) is 0 Å². The van der Waals surface area contributed by atoms with Crippen molar-refractivity contribution in [3.05, 3.63) is 352 Å². The summed E-state index contributed by atoms with van der Waals surface area (Å²) in [4.78, 5) is 5.77. The van der Waals surface area contributed by atoms with Crippen LogP contribution in [0.1, 0.15) is 72.2 Å². The smallest absolute Gasteiger partial charge is 0.453 e. The molecule has 0 N–H and O–H groups in total. The van der Waals surface area contributed by atoms with E-state index in [1.54, 1.807) is 91.0 Å². The molecule has 104 heavy (non-hydrogen) atoms. The summed E-state index contributed by atoms with van der Waals surface area (Å²) in [5.41, 5.74) is 19.6. The van der Waals surface area contributed by atoms with Gasteiger partial charge in [0.15, 0.2) is 23.0 Å². The van der Waals surface area contributed by atoms with Gasteiger partial charge in [-0.15, -0.1) is 0 Å². The van der Waals surface area contributed by atoms with E-state index in [4.69, 9.17) is 18.8 Å². The van der Waals surface area contributed by atoms with Crippen LogP contribution in [0.3, 0.4) is 0 Å². The Morgan fingerprint density at radius 2 is 0.654 bits per heavy atom. The van der Waals surface area contributed by atoms with E-state index in [2.05, 4.69) is 171 Å². The van der Waals surface area contributed by atoms with Gasteiger partial charge >= 0.3 is 7.12 Å². The second-order valence-electron chi connectivity index (χ2n) is 28.0. The average Bonchev–Trinajstić information content (AvgIpc) is 0.813. The fraction of sp³-hybridized carbons (Fsp3) is 0.111. The van der Waals surface area contributed by atoms with Crippen molar-refractivity contribution in [3.63, 3.8) is 0 Å². The monoisotopic (exact) mass is 1460 g/mol. The molecule has 510 valence electrons. The highest BCUT2D eigenvalue weighted by Crippen LogP contribution is 2.53. The zero-order valence-electron chi connectivity index (χ0n) is 57.6. The van der Waals surface area contributed by atoms with Crippen LogP contribution < -0.4 is 24.7 Å². The molecule has 0 unspecified atom stereocenters. The van der Waals surface area contributed by atoms with Crippen LogP contribution in [-0.2, 0) is 54.7 Å². The topological polar surface area (TPSA) is 112 Å². The molecule has 0 atom stereocenters. The lowest BCUT2D eigenvalue weighted by molar-refractivity contribution is 0.00578. The quantitative estimate of drug-likeness (QED) is 0.136. The third-order valence-corrected chi connectivity index (χ3v) is 24.9. The van der Waals surface area contributed by atoms with Crippen molar-refractivity contribution in [2.75, 3.05) is 9.80 Å². The lowest BCUT2D eigenvalue weighted by Gasteiger charge is -2.33. The molecule has 19 rings (SSSR count). The Morgan fingerprint density at radius 3 is 1.09 bits per heavy atom. The third-order valence-electron chi connectivity index (χ3n) is 20.9. The van der Waals surface area contributed by atoms with Crippen molar-refractivity contribution in [2.45, 2.75) is 84.2 Å². The normalized spacial score (nSPS) is 14.8. The van der Waals surface area contributed by atoms with Crippen molar-refractivity contribution < 1.29 is 35.6 Å². The van der Waals surface area contributed by atoms with E-state index >= 15 is 0 Å². The van der Waals surface area contributed by atoms with Gasteiger partial charge in [-0.3, -0.25) is 0 Å². The van der Waals surface area contributed by atoms with E-state index in [0.717, 1.165) is 98.2 Å². The van der Waals surface area contributed by atoms with Crippen molar-refractivity contribution in [1.29, 1.82) is 0 Å². The summed E-state index contributed by atoms with van der Waals surface area (Å²) in [6.45, 7) is 7.95. The van der Waals surface area contributed by atoms with Crippen LogP contribution in [0, 0.1) is 0 Å². The maximum Gasteiger partial charge on any atom is 0.494 e. The number of anilines is 6. The van der Waals surface area contributed by atoms with Gasteiger partial charge in [0, 0.05) is 15.8 Å². The number of hydrogen-bond donors (Lipinski definition) is 0. The third kappa shape index (κ3) is 12.4. The van der Waals surface area contributed by atoms with Crippen LogP contribution in [0.25, 0.3) is 32.7 Å². The highest BCUT2D eigenvalue weighted by atomic mass is 79.9. The number of fused-ring (bicyclic) bond motifs is 10. The van der Waals surface area contributed by atoms with Crippen molar-refractivity contribution in [2.24, 2.45) is 0 Å². The molecule has 2 aliphatic carbocycles. The summed E-state index contributed by atoms with van der Waals surface area (Å²) in [5.74, 6) is 3.48. The SMILES string of the molecule is Brc1ccc2cc3c(cc2c1)Cc1ccc(N2c4ccccc4Oc4ccccc42)cc1C3.CC1(C)OB(c2ccc(S(=O)(=O)c3ccccc3)cc2)OC1(C)C.O=S(=O)(c1ccccc1)c1ccc(-c2ccc3cc4c(cc3c2)Cc2ccc(N3c5ccccc5Oc5ccccc53)cc2C4)cc1. The summed E-state index contributed by atoms with van der Waals surface area (Å²) >= 11 is 3.61. The van der Waals surface area contributed by atoms with Crippen LogP contribution in [0.2, 0.25) is 0 Å². The van der Waals surface area contributed by atoms with Gasteiger partial charge in [0.1, 0.15) is 0 Å². The zero-order valence-corrected chi connectivity index (χ0v) is 60.8. The molecular formula is C90H70BBrN2O8S2. The van der Waals surface area contributed by atoms with E-state index in [1.165, 1.54) is 71.7 Å². The first-order chi connectivity index (χ1) is 50.4. The van der Waals surface area contributed by atoms with Gasteiger partial charge in [0.05, 0.1) is 53.5 Å². The zero-order chi connectivity index (χ0) is 71.1. The van der Waals surface area contributed by atoms with E-state index in [9.17, 15) is 16.8 Å². The summed E-state index contributed by atoms with van der Waals surface area (Å²) in [5, 5.41) is 4.98. The van der Waals surface area contributed by atoms with Gasteiger partial charge in [-0.25, -0.2) is 16.8 Å². The number of halogens is 1. The van der Waals surface area contributed by atoms with E-state index < -0.39 is 38.0 Å². The van der Waals surface area contributed by atoms with Crippen LogP contribution in [0.4, 0.5) is 34.1 Å². The molecule has 0 aromatic heterocycles. The molecule has 10 nitrogen and oxygen atoms in total. The first-order valence-electron chi connectivity index (χ1n) is 34.9. The predicted octanol–water partition coefficient (Wildman–Crippen LogP) is 21.9. The molecule has 14 aromatic carbocycles. The molecule has 1 saturated heterocycles. The van der Waals surface area contributed by atoms with Crippen LogP contribution in [-0.4, -0.2) is 35.2 Å². The van der Waals surface area contributed by atoms with E-state index in [0.29, 0.717) is 9.79 Å². The Hall–Kier alpha value is -10.8. The van der Waals surface area contributed by atoms with E-state index in [-0.39, 0.29) is 9.79 Å². The molecule has 3 heterocycles. The Kier molecular flexibility index (Phi) is 16.9. The Labute approximate surface area is 615 Å². The molecule has 14 heteroatoms. The maximum absolute atomic E-state index is 13.1. The Balaban J connectivity index is 0.000000123. The number of nitrogens with zero attached hydrogens (tertiary/aromatic N) is 2. The highest BCUT2D eigenvalue weighted by Gasteiger charge is 2.52. The lowest BCUT2D eigenvalue weighted by Crippen LogP contribution is -2.41. The number of rotatable bonds is 8. The Morgan fingerprint density at radius 1 is 0.317 bits per heavy atom. The second kappa shape index (κ2) is 26.5. The number of sulfone groups is 2. The largest absolute Gasteiger partial charge is 0.494 e. The molecule has 0 radical (unpaired) electrons. The average molecular weight is 1460 g/mol. The van der Waals surface area contributed by atoms with Gasteiger partial charge < -0.3 is 28.6 Å². The predicted molar refractivity (Wildman–Crippen MR) is 421 cm³/mol. The van der Waals surface area contributed by atoms with E-state index in [1.807, 2.05) is 94.4 Å². The summed E-state index contributed by atoms with van der Waals surface area (Å²) < 4.78 is 76.9.